The second-order valence-electron chi connectivity index (χ2n) is 7.19. The SMILES string of the molecule is CCC(C)(C(=O)Nc1ccccc1)N(Cc1ccccc1)C(=O)c1ccccc1. The van der Waals surface area contributed by atoms with Crippen LogP contribution in [0.15, 0.2) is 91.0 Å². The zero-order chi connectivity index (χ0) is 20.7. The molecule has 0 heterocycles. The Morgan fingerprint density at radius 3 is 1.90 bits per heavy atom. The first-order valence-electron chi connectivity index (χ1n) is 9.82. The summed E-state index contributed by atoms with van der Waals surface area (Å²) in [6, 6.07) is 28.2. The molecule has 0 radical (unpaired) electrons. The van der Waals surface area contributed by atoms with E-state index in [9.17, 15) is 9.59 Å². The monoisotopic (exact) mass is 386 g/mol. The van der Waals surface area contributed by atoms with Gasteiger partial charge in [-0.2, -0.15) is 0 Å². The lowest BCUT2D eigenvalue weighted by molar-refractivity contribution is -0.126. The molecule has 148 valence electrons. The van der Waals surface area contributed by atoms with E-state index in [4.69, 9.17) is 0 Å². The minimum atomic E-state index is -1.02. The molecule has 0 aliphatic carbocycles. The molecular formula is C25H26N2O2. The summed E-state index contributed by atoms with van der Waals surface area (Å²) in [6.07, 6.45) is 0.483. The molecule has 3 aromatic carbocycles. The van der Waals surface area contributed by atoms with Gasteiger partial charge in [0.25, 0.3) is 5.91 Å². The summed E-state index contributed by atoms with van der Waals surface area (Å²) in [4.78, 5) is 28.5. The van der Waals surface area contributed by atoms with Crippen LogP contribution in [0.1, 0.15) is 36.2 Å². The van der Waals surface area contributed by atoms with E-state index in [1.54, 1.807) is 17.0 Å². The summed E-state index contributed by atoms with van der Waals surface area (Å²) in [5.74, 6) is -0.367. The van der Waals surface area contributed by atoms with Crippen LogP contribution in [0.5, 0.6) is 0 Å². The van der Waals surface area contributed by atoms with E-state index >= 15 is 0 Å². The second-order valence-corrected chi connectivity index (χ2v) is 7.19. The molecule has 0 bridgehead atoms. The zero-order valence-electron chi connectivity index (χ0n) is 16.8. The molecule has 3 rings (SSSR count). The third-order valence-corrected chi connectivity index (χ3v) is 5.25. The molecule has 0 saturated carbocycles. The average molecular weight is 386 g/mol. The van der Waals surface area contributed by atoms with Crippen LogP contribution >= 0.6 is 0 Å². The number of nitrogens with one attached hydrogen (secondary N) is 1. The summed E-state index contributed by atoms with van der Waals surface area (Å²) in [5.41, 5.74) is 1.24. The molecule has 4 heteroatoms. The maximum atomic E-state index is 13.5. The average Bonchev–Trinajstić information content (AvgIpc) is 2.78. The fourth-order valence-corrected chi connectivity index (χ4v) is 3.23. The number of amides is 2. The van der Waals surface area contributed by atoms with Crippen LogP contribution in [-0.4, -0.2) is 22.3 Å². The number of carbonyl (C=O) groups is 2. The number of rotatable bonds is 7. The highest BCUT2D eigenvalue weighted by molar-refractivity contribution is 6.03. The standard InChI is InChI=1S/C25H26N2O2/c1-3-25(2,24(29)26-22-17-11-6-12-18-22)27(19-20-13-7-4-8-14-20)23(28)21-15-9-5-10-16-21/h4-18H,3,19H2,1-2H3,(H,26,29). The van der Waals surface area contributed by atoms with Crippen LogP contribution in [0.3, 0.4) is 0 Å². The van der Waals surface area contributed by atoms with Crippen LogP contribution in [-0.2, 0) is 11.3 Å². The summed E-state index contributed by atoms with van der Waals surface area (Å²) in [6.45, 7) is 4.11. The highest BCUT2D eigenvalue weighted by Gasteiger charge is 2.41. The Hall–Kier alpha value is -3.40. The summed E-state index contributed by atoms with van der Waals surface area (Å²) >= 11 is 0. The van der Waals surface area contributed by atoms with E-state index in [2.05, 4.69) is 5.32 Å². The van der Waals surface area contributed by atoms with Crippen LogP contribution in [0, 0.1) is 0 Å². The molecule has 2 amide bonds. The van der Waals surface area contributed by atoms with E-state index in [1.807, 2.05) is 92.7 Å². The van der Waals surface area contributed by atoms with Gasteiger partial charge in [-0.1, -0.05) is 73.7 Å². The smallest absolute Gasteiger partial charge is 0.255 e. The fourth-order valence-electron chi connectivity index (χ4n) is 3.23. The minimum Gasteiger partial charge on any atom is -0.324 e. The normalized spacial score (nSPS) is 12.6. The maximum absolute atomic E-state index is 13.5. The van der Waals surface area contributed by atoms with E-state index in [1.165, 1.54) is 0 Å². The van der Waals surface area contributed by atoms with Gasteiger partial charge in [-0.15, -0.1) is 0 Å². The Balaban J connectivity index is 1.97. The summed E-state index contributed by atoms with van der Waals surface area (Å²) in [7, 11) is 0. The molecule has 0 aliphatic rings. The summed E-state index contributed by atoms with van der Waals surface area (Å²) in [5, 5.41) is 2.97. The highest BCUT2D eigenvalue weighted by atomic mass is 16.2. The first kappa shape index (κ1) is 20.3. The maximum Gasteiger partial charge on any atom is 0.255 e. The molecule has 0 aliphatic heterocycles. The Kier molecular flexibility index (Phi) is 6.45. The van der Waals surface area contributed by atoms with Gasteiger partial charge in [0.2, 0.25) is 5.91 Å². The molecule has 4 nitrogen and oxygen atoms in total. The van der Waals surface area contributed by atoms with Gasteiger partial charge in [0, 0.05) is 17.8 Å². The molecule has 0 aromatic heterocycles. The van der Waals surface area contributed by atoms with Gasteiger partial charge in [0.1, 0.15) is 5.54 Å². The van der Waals surface area contributed by atoms with Crippen LogP contribution in [0.4, 0.5) is 5.69 Å². The fraction of sp³-hybridized carbons (Fsp3) is 0.200. The molecule has 1 N–H and O–H groups in total. The van der Waals surface area contributed by atoms with E-state index in [0.29, 0.717) is 24.2 Å². The van der Waals surface area contributed by atoms with Crippen molar-refractivity contribution >= 4 is 17.5 Å². The highest BCUT2D eigenvalue weighted by Crippen LogP contribution is 2.27. The van der Waals surface area contributed by atoms with Gasteiger partial charge in [0.05, 0.1) is 0 Å². The third kappa shape index (κ3) is 4.72. The molecule has 1 atom stereocenters. The molecule has 0 saturated heterocycles. The molecular weight excluding hydrogens is 360 g/mol. The van der Waals surface area contributed by atoms with E-state index < -0.39 is 5.54 Å². The van der Waals surface area contributed by atoms with Gasteiger partial charge < -0.3 is 10.2 Å². The summed E-state index contributed by atoms with van der Waals surface area (Å²) < 4.78 is 0. The number of carbonyl (C=O) groups excluding carboxylic acids is 2. The van der Waals surface area contributed by atoms with Gasteiger partial charge in [-0.25, -0.2) is 0 Å². The molecule has 29 heavy (non-hydrogen) atoms. The number of hydrogen-bond acceptors (Lipinski definition) is 2. The molecule has 0 spiro atoms. The predicted molar refractivity (Wildman–Crippen MR) is 117 cm³/mol. The van der Waals surface area contributed by atoms with Crippen LogP contribution in [0.25, 0.3) is 0 Å². The van der Waals surface area contributed by atoms with Gasteiger partial charge >= 0.3 is 0 Å². The van der Waals surface area contributed by atoms with Gasteiger partial charge in [-0.3, -0.25) is 9.59 Å². The van der Waals surface area contributed by atoms with Crippen molar-refractivity contribution in [3.63, 3.8) is 0 Å². The number of benzene rings is 3. The third-order valence-electron chi connectivity index (χ3n) is 5.25. The van der Waals surface area contributed by atoms with Crippen molar-refractivity contribution in [2.75, 3.05) is 5.32 Å². The van der Waals surface area contributed by atoms with Crippen molar-refractivity contribution in [2.45, 2.75) is 32.4 Å². The van der Waals surface area contributed by atoms with Crippen molar-refractivity contribution in [1.29, 1.82) is 0 Å². The van der Waals surface area contributed by atoms with E-state index in [-0.39, 0.29) is 11.8 Å². The lowest BCUT2D eigenvalue weighted by Crippen LogP contribution is -2.56. The Morgan fingerprint density at radius 1 is 0.828 bits per heavy atom. The Morgan fingerprint density at radius 2 is 1.34 bits per heavy atom. The quantitative estimate of drug-likeness (QED) is 0.611. The second kappa shape index (κ2) is 9.20. The topological polar surface area (TPSA) is 49.4 Å². The first-order chi connectivity index (χ1) is 14.0. The number of para-hydroxylation sites is 1. The lowest BCUT2D eigenvalue weighted by atomic mass is 9.92. The predicted octanol–water partition coefficient (Wildman–Crippen LogP) is 5.14. The van der Waals surface area contributed by atoms with Crippen molar-refractivity contribution in [2.24, 2.45) is 0 Å². The van der Waals surface area contributed by atoms with Crippen molar-refractivity contribution < 1.29 is 9.59 Å². The Bertz CT molecular complexity index is 942. The van der Waals surface area contributed by atoms with Crippen LogP contribution in [0.2, 0.25) is 0 Å². The van der Waals surface area contributed by atoms with Crippen LogP contribution < -0.4 is 5.32 Å². The van der Waals surface area contributed by atoms with Crippen molar-refractivity contribution in [1.82, 2.24) is 4.90 Å². The molecule has 3 aromatic rings. The largest absolute Gasteiger partial charge is 0.324 e. The molecule has 0 fully saturated rings. The first-order valence-corrected chi connectivity index (χ1v) is 9.82. The zero-order valence-corrected chi connectivity index (χ0v) is 16.8. The minimum absolute atomic E-state index is 0.165. The molecule has 1 unspecified atom stereocenters. The number of hydrogen-bond donors (Lipinski definition) is 1. The Labute approximate surface area is 172 Å². The number of anilines is 1. The van der Waals surface area contributed by atoms with Gasteiger partial charge in [0.15, 0.2) is 0 Å². The lowest BCUT2D eigenvalue weighted by Gasteiger charge is -2.39. The van der Waals surface area contributed by atoms with Crippen molar-refractivity contribution in [3.8, 4) is 0 Å². The van der Waals surface area contributed by atoms with Gasteiger partial charge in [-0.05, 0) is 43.2 Å². The van der Waals surface area contributed by atoms with E-state index in [0.717, 1.165) is 5.56 Å². The number of nitrogens with zero attached hydrogens (tertiary/aromatic N) is 1. The van der Waals surface area contributed by atoms with Crippen molar-refractivity contribution in [3.05, 3.63) is 102 Å².